The average Bonchev–Trinajstić information content (AvgIpc) is 2.44. The maximum absolute atomic E-state index is 10.7. The fraction of sp³-hybridized carbons (Fsp3) is 0.154. The minimum absolute atomic E-state index is 0.252. The number of nitrogens with zero attached hydrogens (tertiary/aromatic N) is 2. The van der Waals surface area contributed by atoms with Gasteiger partial charge < -0.3 is 20.9 Å². The second kappa shape index (κ2) is 6.55. The molecule has 0 saturated heterocycles. The van der Waals surface area contributed by atoms with E-state index in [-0.39, 0.29) is 10.6 Å². The molecule has 0 unspecified atom stereocenters. The molecule has 1 aromatic carbocycles. The number of nitrogens with one attached hydrogen (secondary N) is 2. The van der Waals surface area contributed by atoms with E-state index in [0.717, 1.165) is 5.56 Å². The van der Waals surface area contributed by atoms with Gasteiger partial charge in [0.25, 0.3) is 0 Å². The normalized spacial score (nSPS) is 10.2. The minimum Gasteiger partial charge on any atom is -0.383 e. The maximum atomic E-state index is 10.7. The van der Waals surface area contributed by atoms with E-state index < -0.39 is 0 Å². The second-order valence-electron chi connectivity index (χ2n) is 4.40. The van der Waals surface area contributed by atoms with Crippen molar-refractivity contribution >= 4 is 47.6 Å². The summed E-state index contributed by atoms with van der Waals surface area (Å²) in [5, 5.41) is 3.21. The zero-order valence-corrected chi connectivity index (χ0v) is 12.8. The van der Waals surface area contributed by atoms with Crippen molar-refractivity contribution in [3.63, 3.8) is 0 Å². The summed E-state index contributed by atoms with van der Waals surface area (Å²) < 4.78 is 0.252. The highest BCUT2D eigenvalue weighted by atomic mass is 35.5. The number of hydrogen-bond donors (Lipinski definition) is 3. The molecule has 6 nitrogen and oxygen atoms in total. The maximum Gasteiger partial charge on any atom is 0.211 e. The minimum atomic E-state index is 0.252. The van der Waals surface area contributed by atoms with Crippen LogP contribution >= 0.6 is 23.8 Å². The predicted molar refractivity (Wildman–Crippen MR) is 87.1 cm³/mol. The molecule has 0 saturated carbocycles. The van der Waals surface area contributed by atoms with Crippen LogP contribution in [0, 0.1) is 4.77 Å². The van der Waals surface area contributed by atoms with Gasteiger partial charge in [0.1, 0.15) is 11.5 Å². The molecule has 2 rings (SSSR count). The third kappa shape index (κ3) is 3.71. The van der Waals surface area contributed by atoms with Crippen molar-refractivity contribution in [3.8, 4) is 0 Å². The molecule has 0 bridgehead atoms. The van der Waals surface area contributed by atoms with Gasteiger partial charge in [-0.1, -0.05) is 23.7 Å². The average molecular weight is 324 g/mol. The van der Waals surface area contributed by atoms with Gasteiger partial charge in [-0.05, 0) is 29.9 Å². The number of H-pyrrole nitrogens is 1. The van der Waals surface area contributed by atoms with Crippen LogP contribution < -0.4 is 16.0 Å². The van der Waals surface area contributed by atoms with E-state index in [1.54, 1.807) is 0 Å². The Bertz CT molecular complexity index is 701. The van der Waals surface area contributed by atoms with Crippen LogP contribution in [0.25, 0.3) is 0 Å². The molecule has 0 fully saturated rings. The molecule has 0 aliphatic rings. The van der Waals surface area contributed by atoms with Crippen molar-refractivity contribution in [1.82, 2.24) is 9.97 Å². The lowest BCUT2D eigenvalue weighted by Crippen LogP contribution is -2.20. The molecule has 8 heteroatoms. The first kappa shape index (κ1) is 15.3. The van der Waals surface area contributed by atoms with Gasteiger partial charge in [-0.25, -0.2) is 4.98 Å². The van der Waals surface area contributed by atoms with Crippen molar-refractivity contribution in [3.05, 3.63) is 39.6 Å². The van der Waals surface area contributed by atoms with Crippen molar-refractivity contribution < 1.29 is 4.79 Å². The molecular formula is C13H14ClN5OS. The summed E-state index contributed by atoms with van der Waals surface area (Å²) in [4.78, 5) is 19.5. The number of nitrogen functional groups attached to an aromatic ring is 1. The lowest BCUT2D eigenvalue weighted by molar-refractivity contribution is -0.105. The lowest BCUT2D eigenvalue weighted by Gasteiger charge is -2.21. The summed E-state index contributed by atoms with van der Waals surface area (Å²) in [6, 6.07) is 7.46. The highest BCUT2D eigenvalue weighted by Gasteiger charge is 2.13. The number of nitrogens with two attached hydrogens (primary N) is 1. The summed E-state index contributed by atoms with van der Waals surface area (Å²) in [6.45, 7) is 0.565. The fourth-order valence-corrected chi connectivity index (χ4v) is 2.22. The molecule has 110 valence electrons. The molecule has 0 atom stereocenters. The van der Waals surface area contributed by atoms with Crippen LogP contribution in [0.15, 0.2) is 24.3 Å². The summed E-state index contributed by atoms with van der Waals surface area (Å²) in [7, 11) is 1.83. The molecule has 0 aliphatic heterocycles. The highest BCUT2D eigenvalue weighted by molar-refractivity contribution is 7.71. The monoisotopic (exact) mass is 323 g/mol. The van der Waals surface area contributed by atoms with E-state index in [1.165, 1.54) is 0 Å². The molecule has 1 amide bonds. The van der Waals surface area contributed by atoms with E-state index in [2.05, 4.69) is 15.3 Å². The van der Waals surface area contributed by atoms with Crippen LogP contribution in [0.1, 0.15) is 5.56 Å². The number of aromatic nitrogens is 2. The molecule has 4 N–H and O–H groups in total. The van der Waals surface area contributed by atoms with E-state index in [0.29, 0.717) is 29.5 Å². The van der Waals surface area contributed by atoms with Crippen molar-refractivity contribution in [2.45, 2.75) is 6.54 Å². The molecule has 1 heterocycles. The lowest BCUT2D eigenvalue weighted by atomic mass is 10.2. The number of anilines is 3. The number of halogens is 1. The molecule has 0 aliphatic carbocycles. The highest BCUT2D eigenvalue weighted by Crippen LogP contribution is 2.27. The van der Waals surface area contributed by atoms with Gasteiger partial charge in [-0.15, -0.1) is 0 Å². The van der Waals surface area contributed by atoms with E-state index >= 15 is 0 Å². The zero-order chi connectivity index (χ0) is 15.4. The van der Waals surface area contributed by atoms with Crippen LogP contribution in [0.3, 0.4) is 0 Å². The Labute approximate surface area is 131 Å². The van der Waals surface area contributed by atoms with Crippen LogP contribution in [0.5, 0.6) is 0 Å². The molecule has 2 aromatic rings. The van der Waals surface area contributed by atoms with Gasteiger partial charge >= 0.3 is 0 Å². The summed E-state index contributed by atoms with van der Waals surface area (Å²) in [5.41, 5.74) is 7.27. The standard InChI is InChI=1S/C13H14ClN5OS/c1-19(6-8-2-4-9(14)5-3-8)12-10(16-7-20)11(15)17-13(21)18-12/h2-5,7H,6H2,1H3,(H,16,20)(H3,15,17,18,21). The Hall–Kier alpha value is -2.12. The van der Waals surface area contributed by atoms with Crippen LogP contribution in [0.4, 0.5) is 17.3 Å². The first-order valence-electron chi connectivity index (χ1n) is 6.07. The van der Waals surface area contributed by atoms with Crippen molar-refractivity contribution in [2.75, 3.05) is 23.0 Å². The number of amides is 1. The third-order valence-electron chi connectivity index (χ3n) is 2.84. The number of hydrogen-bond acceptors (Lipinski definition) is 5. The van der Waals surface area contributed by atoms with E-state index in [1.807, 2.05) is 36.2 Å². The predicted octanol–water partition coefficient (Wildman–Crippen LogP) is 2.58. The SMILES string of the molecule is CN(Cc1ccc(Cl)cc1)c1nc(=S)[nH]c(N)c1NC=O. The number of benzene rings is 1. The summed E-state index contributed by atoms with van der Waals surface area (Å²) in [5.74, 6) is 0.762. The Morgan fingerprint density at radius 2 is 2.14 bits per heavy atom. The number of aromatic amines is 1. The Morgan fingerprint density at radius 1 is 1.48 bits per heavy atom. The first-order valence-corrected chi connectivity index (χ1v) is 6.85. The molecule has 0 radical (unpaired) electrons. The molecule has 0 spiro atoms. The van der Waals surface area contributed by atoms with Crippen molar-refractivity contribution in [1.29, 1.82) is 0 Å². The Morgan fingerprint density at radius 3 is 2.76 bits per heavy atom. The van der Waals surface area contributed by atoms with Crippen molar-refractivity contribution in [2.24, 2.45) is 0 Å². The number of carbonyl (C=O) groups is 1. The summed E-state index contributed by atoms with van der Waals surface area (Å²) in [6.07, 6.45) is 0.546. The molecule has 21 heavy (non-hydrogen) atoms. The Kier molecular flexibility index (Phi) is 4.77. The van der Waals surface area contributed by atoms with Gasteiger partial charge in [-0.3, -0.25) is 4.79 Å². The summed E-state index contributed by atoms with van der Waals surface area (Å²) >= 11 is 10.9. The smallest absolute Gasteiger partial charge is 0.211 e. The Balaban J connectivity index is 2.33. The number of rotatable bonds is 5. The molecular weight excluding hydrogens is 310 g/mol. The van der Waals surface area contributed by atoms with Crippen LogP contribution in [-0.4, -0.2) is 23.4 Å². The van der Waals surface area contributed by atoms with Crippen LogP contribution in [0.2, 0.25) is 5.02 Å². The van der Waals surface area contributed by atoms with E-state index in [4.69, 9.17) is 29.6 Å². The van der Waals surface area contributed by atoms with Gasteiger partial charge in [0.05, 0.1) is 0 Å². The second-order valence-corrected chi connectivity index (χ2v) is 5.22. The van der Waals surface area contributed by atoms with Gasteiger partial charge in [-0.2, -0.15) is 0 Å². The van der Waals surface area contributed by atoms with Gasteiger partial charge in [0, 0.05) is 18.6 Å². The quantitative estimate of drug-likeness (QED) is 0.581. The van der Waals surface area contributed by atoms with Crippen LogP contribution in [-0.2, 0) is 11.3 Å². The van der Waals surface area contributed by atoms with Gasteiger partial charge in [0.15, 0.2) is 10.6 Å². The third-order valence-corrected chi connectivity index (χ3v) is 3.29. The number of carbonyl (C=O) groups excluding carboxylic acids is 1. The molecule has 1 aromatic heterocycles. The zero-order valence-electron chi connectivity index (χ0n) is 11.3. The largest absolute Gasteiger partial charge is 0.383 e. The first-order chi connectivity index (χ1) is 10.0. The van der Waals surface area contributed by atoms with Gasteiger partial charge in [0.2, 0.25) is 6.41 Å². The van der Waals surface area contributed by atoms with E-state index in [9.17, 15) is 4.79 Å². The fourth-order valence-electron chi connectivity index (χ4n) is 1.89. The topological polar surface area (TPSA) is 87.0 Å².